The molecule has 1 amide bonds. The van der Waals surface area contributed by atoms with Gasteiger partial charge in [-0.05, 0) is 25.1 Å². The average Bonchev–Trinajstić information content (AvgIpc) is 2.20. The zero-order chi connectivity index (χ0) is 16.8. The maximum Gasteiger partial charge on any atom is 0.228 e. The van der Waals surface area contributed by atoms with Crippen LogP contribution in [0.25, 0.3) is 0 Å². The Balaban J connectivity index is 2.84. The van der Waals surface area contributed by atoms with Gasteiger partial charge >= 0.3 is 0 Å². The smallest absolute Gasteiger partial charge is 0.228 e. The molecule has 1 heterocycles. The van der Waals surface area contributed by atoms with Crippen molar-refractivity contribution in [1.29, 1.82) is 0 Å². The van der Waals surface area contributed by atoms with Crippen molar-refractivity contribution in [2.75, 3.05) is 0 Å². The highest BCUT2D eigenvalue weighted by Gasteiger charge is 2.51. The molecule has 1 fully saturated rings. The Kier molecular flexibility index (Phi) is 4.81. The van der Waals surface area contributed by atoms with Crippen LogP contribution in [0.5, 0.6) is 0 Å². The Bertz CT molecular complexity index is 432. The maximum absolute atomic E-state index is 12.4. The summed E-state index contributed by atoms with van der Waals surface area (Å²) >= 11 is 0. The Labute approximate surface area is 130 Å². The average molecular weight is 314 g/mol. The van der Waals surface area contributed by atoms with Gasteiger partial charge in [0.2, 0.25) is 5.91 Å². The van der Waals surface area contributed by atoms with Crippen LogP contribution in [-0.2, 0) is 14.0 Å². The van der Waals surface area contributed by atoms with Gasteiger partial charge in [0.1, 0.15) is 6.04 Å². The molecule has 0 aliphatic carbocycles. The second-order valence-electron chi connectivity index (χ2n) is 8.71. The monoisotopic (exact) mass is 313 g/mol. The Morgan fingerprint density at radius 2 is 1.67 bits per heavy atom. The normalized spacial score (nSPS) is 25.1. The first kappa shape index (κ1) is 18.4. The van der Waals surface area contributed by atoms with Crippen molar-refractivity contribution in [3.63, 3.8) is 0 Å². The van der Waals surface area contributed by atoms with Crippen molar-refractivity contribution in [2.24, 2.45) is 11.3 Å². The first-order valence-corrected chi connectivity index (χ1v) is 10.6. The van der Waals surface area contributed by atoms with E-state index in [1.807, 2.05) is 27.7 Å². The number of carbonyl (C=O) groups excluding carboxylic acids is 2. The highest BCUT2D eigenvalue weighted by atomic mass is 28.4. The molecular weight excluding hydrogens is 282 g/mol. The van der Waals surface area contributed by atoms with E-state index in [0.717, 1.165) is 0 Å². The van der Waals surface area contributed by atoms with E-state index in [2.05, 4.69) is 39.2 Å². The molecule has 21 heavy (non-hydrogen) atoms. The summed E-state index contributed by atoms with van der Waals surface area (Å²) in [5.41, 5.74) is -0.451. The number of nitrogens with one attached hydrogen (secondary N) is 1. The zero-order valence-corrected chi connectivity index (χ0v) is 16.0. The standard InChI is InChI=1S/C16H31NO3Si/c1-10(20-21(8,9)16(5,6)7)11-12(17-14(11)19)13(18)15(2,3)4/h10-12H,1-9H3,(H,17,19)/t10?,11-,12+/m1/s1. The van der Waals surface area contributed by atoms with Crippen LogP contribution in [-0.4, -0.2) is 32.2 Å². The summed E-state index contributed by atoms with van der Waals surface area (Å²) in [6.45, 7) is 18.4. The molecule has 1 saturated heterocycles. The van der Waals surface area contributed by atoms with Gasteiger partial charge in [-0.1, -0.05) is 41.5 Å². The number of ketones is 1. The van der Waals surface area contributed by atoms with E-state index in [0.29, 0.717) is 0 Å². The molecule has 4 nitrogen and oxygen atoms in total. The van der Waals surface area contributed by atoms with E-state index in [4.69, 9.17) is 4.43 Å². The largest absolute Gasteiger partial charge is 0.413 e. The van der Waals surface area contributed by atoms with Crippen LogP contribution in [0, 0.1) is 11.3 Å². The van der Waals surface area contributed by atoms with Crippen molar-refractivity contribution in [1.82, 2.24) is 5.32 Å². The minimum Gasteiger partial charge on any atom is -0.413 e. The Hall–Kier alpha value is -0.683. The van der Waals surface area contributed by atoms with Crippen molar-refractivity contribution in [3.05, 3.63) is 0 Å². The number of amides is 1. The maximum atomic E-state index is 12.4. The zero-order valence-electron chi connectivity index (χ0n) is 15.0. The highest BCUT2D eigenvalue weighted by molar-refractivity contribution is 6.74. The van der Waals surface area contributed by atoms with Gasteiger partial charge in [0.05, 0.1) is 12.0 Å². The summed E-state index contributed by atoms with van der Waals surface area (Å²) < 4.78 is 6.30. The van der Waals surface area contributed by atoms with Gasteiger partial charge in [-0.3, -0.25) is 9.59 Å². The third-order valence-corrected chi connectivity index (χ3v) is 9.35. The predicted octanol–water partition coefficient (Wildman–Crippen LogP) is 3.13. The fourth-order valence-electron chi connectivity index (χ4n) is 2.29. The minimum atomic E-state index is -1.94. The van der Waals surface area contributed by atoms with Crippen molar-refractivity contribution in [2.45, 2.75) is 78.7 Å². The van der Waals surface area contributed by atoms with E-state index < -0.39 is 19.8 Å². The molecule has 0 bridgehead atoms. The number of Topliss-reactive ketones (excluding diaryl/α,β-unsaturated/α-hetero) is 1. The molecule has 0 spiro atoms. The molecule has 1 aliphatic rings. The summed E-state index contributed by atoms with van der Waals surface area (Å²) in [7, 11) is -1.94. The fraction of sp³-hybridized carbons (Fsp3) is 0.875. The predicted molar refractivity (Wildman–Crippen MR) is 87.6 cm³/mol. The lowest BCUT2D eigenvalue weighted by atomic mass is 9.75. The van der Waals surface area contributed by atoms with Crippen LogP contribution < -0.4 is 5.32 Å². The second-order valence-corrected chi connectivity index (χ2v) is 13.5. The molecule has 1 N–H and O–H groups in total. The molecule has 5 heteroatoms. The van der Waals surface area contributed by atoms with Gasteiger partial charge in [0, 0.05) is 5.41 Å². The van der Waals surface area contributed by atoms with Crippen molar-refractivity contribution >= 4 is 20.0 Å². The van der Waals surface area contributed by atoms with Gasteiger partial charge in [0.15, 0.2) is 14.1 Å². The molecule has 1 aliphatic heterocycles. The van der Waals surface area contributed by atoms with Gasteiger partial charge in [-0.2, -0.15) is 0 Å². The molecule has 0 aromatic heterocycles. The SMILES string of the molecule is CC(O[Si](C)(C)C(C)(C)C)[C@H]1C(=O)N[C@@H]1C(=O)C(C)(C)C. The summed E-state index contributed by atoms with van der Waals surface area (Å²) in [5.74, 6) is -0.340. The van der Waals surface area contributed by atoms with Crippen LogP contribution in [0.15, 0.2) is 0 Å². The molecule has 0 aromatic rings. The summed E-state index contributed by atoms with van der Waals surface area (Å²) in [4.78, 5) is 24.3. The van der Waals surface area contributed by atoms with Gasteiger partial charge in [-0.25, -0.2) is 0 Å². The van der Waals surface area contributed by atoms with Crippen molar-refractivity contribution in [3.8, 4) is 0 Å². The molecule has 1 unspecified atom stereocenters. The molecule has 0 saturated carbocycles. The second kappa shape index (κ2) is 5.50. The van der Waals surface area contributed by atoms with E-state index >= 15 is 0 Å². The Morgan fingerprint density at radius 3 is 2.00 bits per heavy atom. The highest BCUT2D eigenvalue weighted by Crippen LogP contribution is 2.39. The molecule has 1 rings (SSSR count). The first-order chi connectivity index (χ1) is 9.18. The van der Waals surface area contributed by atoms with Crippen LogP contribution in [0.4, 0.5) is 0 Å². The molecular formula is C16H31NO3Si. The lowest BCUT2D eigenvalue weighted by Crippen LogP contribution is -2.68. The quantitative estimate of drug-likeness (QED) is 0.641. The summed E-state index contributed by atoms with van der Waals surface area (Å²) in [6, 6.07) is -0.405. The number of rotatable bonds is 4. The number of hydrogen-bond donors (Lipinski definition) is 1. The van der Waals surface area contributed by atoms with E-state index in [-0.39, 0.29) is 28.8 Å². The lowest BCUT2D eigenvalue weighted by Gasteiger charge is -2.46. The third-order valence-electron chi connectivity index (χ3n) is 4.77. The van der Waals surface area contributed by atoms with E-state index in [9.17, 15) is 9.59 Å². The van der Waals surface area contributed by atoms with Gasteiger partial charge < -0.3 is 9.74 Å². The number of hydrogen-bond acceptors (Lipinski definition) is 3. The van der Waals surface area contributed by atoms with Crippen molar-refractivity contribution < 1.29 is 14.0 Å². The van der Waals surface area contributed by atoms with Crippen LogP contribution in [0.1, 0.15) is 48.5 Å². The Morgan fingerprint density at radius 1 is 1.19 bits per heavy atom. The van der Waals surface area contributed by atoms with E-state index in [1.165, 1.54) is 0 Å². The first-order valence-electron chi connectivity index (χ1n) is 7.71. The number of β-lactam (4-membered cyclic amide) rings is 1. The molecule has 0 aromatic carbocycles. The summed E-state index contributed by atoms with van der Waals surface area (Å²) in [6.07, 6.45) is -0.226. The molecule has 0 radical (unpaired) electrons. The van der Waals surface area contributed by atoms with Crippen LogP contribution in [0.3, 0.4) is 0 Å². The molecule has 122 valence electrons. The van der Waals surface area contributed by atoms with E-state index in [1.54, 1.807) is 0 Å². The van der Waals surface area contributed by atoms with Gasteiger partial charge in [-0.15, -0.1) is 0 Å². The third kappa shape index (κ3) is 3.75. The minimum absolute atomic E-state index is 0.0659. The lowest BCUT2D eigenvalue weighted by molar-refractivity contribution is -0.150. The number of carbonyl (C=O) groups is 2. The van der Waals surface area contributed by atoms with Crippen LogP contribution in [0.2, 0.25) is 18.1 Å². The fourth-order valence-corrected chi connectivity index (χ4v) is 3.72. The molecule has 3 atom stereocenters. The van der Waals surface area contributed by atoms with Gasteiger partial charge in [0.25, 0.3) is 0 Å². The summed E-state index contributed by atoms with van der Waals surface area (Å²) in [5, 5.41) is 2.84. The topological polar surface area (TPSA) is 55.4 Å². The van der Waals surface area contributed by atoms with Crippen LogP contribution >= 0.6 is 0 Å².